The van der Waals surface area contributed by atoms with Gasteiger partial charge < -0.3 is 14.3 Å². The van der Waals surface area contributed by atoms with E-state index >= 15 is 0 Å². The largest absolute Gasteiger partial charge is 0.353 e. The summed E-state index contributed by atoms with van der Waals surface area (Å²) >= 11 is 0. The second-order valence-electron chi connectivity index (χ2n) is 6.48. The summed E-state index contributed by atoms with van der Waals surface area (Å²) in [5.74, 6) is 2.20. The van der Waals surface area contributed by atoms with Crippen molar-refractivity contribution in [2.45, 2.75) is 39.2 Å². The number of nitriles is 1. The molecule has 1 atom stereocenters. The fraction of sp³-hybridized carbons (Fsp3) is 0.500. The molecular weight excluding hydrogens is 332 g/mol. The number of aromatic nitrogens is 3. The molecule has 3 rings (SSSR count). The highest BCUT2D eigenvalue weighted by molar-refractivity contribution is 5.76. The van der Waals surface area contributed by atoms with Crippen LogP contribution in [0.1, 0.15) is 37.0 Å². The lowest BCUT2D eigenvalue weighted by molar-refractivity contribution is -0.133. The Bertz CT molecular complexity index is 795. The Hall–Kier alpha value is -2.95. The summed E-state index contributed by atoms with van der Waals surface area (Å²) < 4.78 is 4.94. The minimum absolute atomic E-state index is 0.112. The van der Waals surface area contributed by atoms with Crippen LogP contribution in [0.4, 0.5) is 5.82 Å². The quantitative estimate of drug-likeness (QED) is 0.806. The number of amides is 1. The number of nitrogens with zero attached hydrogens (tertiary/aromatic N) is 6. The Morgan fingerprint density at radius 1 is 1.42 bits per heavy atom. The molecule has 8 nitrogen and oxygen atoms in total. The van der Waals surface area contributed by atoms with E-state index in [0.29, 0.717) is 43.1 Å². The molecule has 0 spiro atoms. The van der Waals surface area contributed by atoms with Crippen molar-refractivity contribution in [3.05, 3.63) is 35.6 Å². The summed E-state index contributed by atoms with van der Waals surface area (Å²) in [7, 11) is 0. The zero-order valence-electron chi connectivity index (χ0n) is 15.1. The first-order valence-electron chi connectivity index (χ1n) is 8.76. The minimum Gasteiger partial charge on any atom is -0.353 e. The van der Waals surface area contributed by atoms with Crippen molar-refractivity contribution in [1.82, 2.24) is 20.0 Å². The summed E-state index contributed by atoms with van der Waals surface area (Å²) in [5, 5.41) is 12.7. The van der Waals surface area contributed by atoms with E-state index in [1.54, 1.807) is 19.2 Å². The molecule has 1 aliphatic rings. The zero-order chi connectivity index (χ0) is 18.5. The van der Waals surface area contributed by atoms with Crippen molar-refractivity contribution in [2.75, 3.05) is 24.5 Å². The van der Waals surface area contributed by atoms with Crippen molar-refractivity contribution in [3.63, 3.8) is 0 Å². The van der Waals surface area contributed by atoms with Crippen LogP contribution >= 0.6 is 0 Å². The average molecular weight is 354 g/mol. The van der Waals surface area contributed by atoms with Gasteiger partial charge in [-0.1, -0.05) is 5.16 Å². The fourth-order valence-corrected chi connectivity index (χ4v) is 3.16. The molecule has 1 fully saturated rings. The maximum atomic E-state index is 12.5. The van der Waals surface area contributed by atoms with Gasteiger partial charge in [0.15, 0.2) is 5.82 Å². The summed E-state index contributed by atoms with van der Waals surface area (Å²) in [6, 6.07) is 5.81. The summed E-state index contributed by atoms with van der Waals surface area (Å²) in [6.45, 7) is 5.94. The highest BCUT2D eigenvalue weighted by Gasteiger charge is 2.27. The van der Waals surface area contributed by atoms with E-state index in [1.807, 2.05) is 11.0 Å². The first-order valence-corrected chi connectivity index (χ1v) is 8.76. The Morgan fingerprint density at radius 2 is 2.27 bits per heavy atom. The first-order chi connectivity index (χ1) is 12.6. The van der Waals surface area contributed by atoms with Crippen LogP contribution in [0.25, 0.3) is 0 Å². The van der Waals surface area contributed by atoms with E-state index in [0.717, 1.165) is 18.9 Å². The second-order valence-corrected chi connectivity index (χ2v) is 6.48. The minimum atomic E-state index is 0.112. The lowest BCUT2D eigenvalue weighted by atomic mass is 10.1. The lowest BCUT2D eigenvalue weighted by Crippen LogP contribution is -2.54. The Morgan fingerprint density at radius 3 is 2.88 bits per heavy atom. The molecule has 0 aliphatic carbocycles. The summed E-state index contributed by atoms with van der Waals surface area (Å²) in [5.41, 5.74) is 0.549. The Labute approximate surface area is 152 Å². The van der Waals surface area contributed by atoms with Gasteiger partial charge in [0.05, 0.1) is 5.56 Å². The van der Waals surface area contributed by atoms with Gasteiger partial charge in [-0.15, -0.1) is 0 Å². The monoisotopic (exact) mass is 354 g/mol. The topological polar surface area (TPSA) is 99.2 Å². The molecule has 1 aliphatic heterocycles. The van der Waals surface area contributed by atoms with Crippen LogP contribution in [0, 0.1) is 18.3 Å². The molecule has 0 aromatic carbocycles. The lowest BCUT2D eigenvalue weighted by Gasteiger charge is -2.40. The third-order valence-corrected chi connectivity index (χ3v) is 4.51. The van der Waals surface area contributed by atoms with Gasteiger partial charge in [0.2, 0.25) is 11.8 Å². The molecule has 1 amide bonds. The number of hydrogen-bond acceptors (Lipinski definition) is 7. The van der Waals surface area contributed by atoms with E-state index < -0.39 is 0 Å². The number of aryl methyl sites for hydroxylation is 2. The van der Waals surface area contributed by atoms with Gasteiger partial charge in [-0.25, -0.2) is 4.98 Å². The van der Waals surface area contributed by atoms with Crippen molar-refractivity contribution >= 4 is 11.7 Å². The molecule has 3 heterocycles. The molecule has 0 bridgehead atoms. The van der Waals surface area contributed by atoms with Crippen LogP contribution in [0.2, 0.25) is 0 Å². The maximum Gasteiger partial charge on any atom is 0.223 e. The Kier molecular flexibility index (Phi) is 5.46. The average Bonchev–Trinajstić information content (AvgIpc) is 3.06. The van der Waals surface area contributed by atoms with Gasteiger partial charge >= 0.3 is 0 Å². The molecule has 136 valence electrons. The highest BCUT2D eigenvalue weighted by atomic mass is 16.5. The molecule has 1 unspecified atom stereocenters. The molecule has 0 N–H and O–H groups in total. The molecule has 2 aromatic heterocycles. The number of piperazine rings is 1. The third kappa shape index (κ3) is 4.17. The van der Waals surface area contributed by atoms with Gasteiger partial charge in [0.1, 0.15) is 11.9 Å². The van der Waals surface area contributed by atoms with Gasteiger partial charge in [-0.05, 0) is 25.5 Å². The van der Waals surface area contributed by atoms with Crippen molar-refractivity contribution in [1.29, 1.82) is 5.26 Å². The van der Waals surface area contributed by atoms with E-state index in [9.17, 15) is 4.79 Å². The number of hydrogen-bond donors (Lipinski definition) is 0. The van der Waals surface area contributed by atoms with E-state index in [1.165, 1.54) is 0 Å². The van der Waals surface area contributed by atoms with Gasteiger partial charge in [0.25, 0.3) is 0 Å². The molecule has 0 saturated carbocycles. The number of carbonyl (C=O) groups excluding carboxylic acids is 1. The predicted octanol–water partition coefficient (Wildman–Crippen LogP) is 1.70. The van der Waals surface area contributed by atoms with Gasteiger partial charge in [-0.2, -0.15) is 10.2 Å². The van der Waals surface area contributed by atoms with E-state index in [2.05, 4.69) is 33.0 Å². The molecule has 2 aromatic rings. The van der Waals surface area contributed by atoms with Crippen LogP contribution in [-0.4, -0.2) is 51.6 Å². The second kappa shape index (κ2) is 7.95. The number of pyridine rings is 1. The number of anilines is 1. The first kappa shape index (κ1) is 17.9. The zero-order valence-corrected chi connectivity index (χ0v) is 15.1. The third-order valence-electron chi connectivity index (χ3n) is 4.51. The van der Waals surface area contributed by atoms with E-state index in [-0.39, 0.29) is 11.9 Å². The van der Waals surface area contributed by atoms with Crippen LogP contribution < -0.4 is 4.90 Å². The summed E-state index contributed by atoms with van der Waals surface area (Å²) in [4.78, 5) is 25.1. The van der Waals surface area contributed by atoms with Crippen LogP contribution in [0.5, 0.6) is 0 Å². The molecular formula is C18H22N6O2. The van der Waals surface area contributed by atoms with Gasteiger partial charge in [-0.3, -0.25) is 4.79 Å². The SMILES string of the molecule is Cc1nc(CCCC(=O)N2CCN(c3ccc(C#N)cn3)CC2C)no1. The fourth-order valence-electron chi connectivity index (χ4n) is 3.16. The van der Waals surface area contributed by atoms with Crippen LogP contribution in [-0.2, 0) is 11.2 Å². The van der Waals surface area contributed by atoms with Crippen molar-refractivity contribution in [2.24, 2.45) is 0 Å². The highest BCUT2D eigenvalue weighted by Crippen LogP contribution is 2.18. The summed E-state index contributed by atoms with van der Waals surface area (Å²) in [6.07, 6.45) is 3.42. The Balaban J connectivity index is 1.49. The van der Waals surface area contributed by atoms with Crippen molar-refractivity contribution in [3.8, 4) is 6.07 Å². The maximum absolute atomic E-state index is 12.5. The van der Waals surface area contributed by atoms with E-state index in [4.69, 9.17) is 9.78 Å². The standard InChI is InChI=1S/C18H22N6O2/c1-13-12-23(17-7-6-15(10-19)11-20-17)8-9-24(13)18(25)5-3-4-16-21-14(2)26-22-16/h6-7,11,13H,3-5,8-9,12H2,1-2H3. The number of carbonyl (C=O) groups is 1. The molecule has 26 heavy (non-hydrogen) atoms. The molecule has 0 radical (unpaired) electrons. The number of rotatable bonds is 5. The normalized spacial score (nSPS) is 17.2. The molecule has 8 heteroatoms. The predicted molar refractivity (Wildman–Crippen MR) is 94.3 cm³/mol. The molecule has 1 saturated heterocycles. The van der Waals surface area contributed by atoms with Crippen LogP contribution in [0.15, 0.2) is 22.9 Å². The van der Waals surface area contributed by atoms with Crippen LogP contribution in [0.3, 0.4) is 0 Å². The smallest absolute Gasteiger partial charge is 0.223 e. The van der Waals surface area contributed by atoms with Gasteiger partial charge in [0, 0.05) is 51.6 Å². The van der Waals surface area contributed by atoms with Crippen molar-refractivity contribution < 1.29 is 9.32 Å².